The van der Waals surface area contributed by atoms with Crippen LogP contribution in [0.15, 0.2) is 35.7 Å². The fourth-order valence-corrected chi connectivity index (χ4v) is 2.77. The van der Waals surface area contributed by atoms with Crippen molar-refractivity contribution in [2.75, 3.05) is 13.1 Å². The van der Waals surface area contributed by atoms with Crippen LogP contribution in [0.4, 0.5) is 8.78 Å². The van der Waals surface area contributed by atoms with Gasteiger partial charge in [0.1, 0.15) is 18.2 Å². The molecule has 19 heavy (non-hydrogen) atoms. The average molecular weight is 291 g/mol. The Hall–Kier alpha value is -1.80. The highest BCUT2D eigenvalue weighted by Gasteiger charge is 2.26. The Labute approximate surface area is 108 Å². The van der Waals surface area contributed by atoms with Crippen LogP contribution in [-0.4, -0.2) is 36.9 Å². The molecule has 0 amide bonds. The number of benzene rings is 1. The Kier molecular flexibility index (Phi) is 4.73. The van der Waals surface area contributed by atoms with Crippen LogP contribution >= 0.6 is 0 Å². The molecule has 0 fully saturated rings. The van der Waals surface area contributed by atoms with Crippen LogP contribution < -0.4 is 0 Å². The molecule has 0 saturated carbocycles. The van der Waals surface area contributed by atoms with Gasteiger partial charge in [0.05, 0.1) is 4.90 Å². The second-order valence-corrected chi connectivity index (χ2v) is 5.52. The number of carboxylic acids is 1. The van der Waals surface area contributed by atoms with Crippen LogP contribution in [0.25, 0.3) is 0 Å². The second kappa shape index (κ2) is 5.89. The summed E-state index contributed by atoms with van der Waals surface area (Å²) in [6.07, 6.45) is 1.18. The minimum atomic E-state index is -4.30. The number of halogens is 2. The van der Waals surface area contributed by atoms with E-state index in [0.29, 0.717) is 22.5 Å². The maximum atomic E-state index is 13.0. The largest absolute Gasteiger partial charge is 0.480 e. The molecule has 0 bridgehead atoms. The molecule has 0 aliphatic carbocycles. The first-order valence-electron chi connectivity index (χ1n) is 5.06. The molecule has 1 aromatic carbocycles. The highest BCUT2D eigenvalue weighted by Crippen LogP contribution is 2.18. The topological polar surface area (TPSA) is 74.7 Å². The molecule has 5 nitrogen and oxygen atoms in total. The summed E-state index contributed by atoms with van der Waals surface area (Å²) < 4.78 is 50.7. The summed E-state index contributed by atoms with van der Waals surface area (Å²) in [4.78, 5) is 9.96. The van der Waals surface area contributed by atoms with Gasteiger partial charge in [0.15, 0.2) is 0 Å². The summed E-state index contributed by atoms with van der Waals surface area (Å²) in [5.41, 5.74) is 0. The van der Waals surface area contributed by atoms with Crippen LogP contribution in [0.2, 0.25) is 0 Å². The van der Waals surface area contributed by atoms with Crippen molar-refractivity contribution in [3.63, 3.8) is 0 Å². The maximum Gasteiger partial charge on any atom is 0.318 e. The summed E-state index contributed by atoms with van der Waals surface area (Å²) in [5.74, 6) is -3.51. The van der Waals surface area contributed by atoms with E-state index in [1.807, 2.05) is 0 Å². The van der Waals surface area contributed by atoms with E-state index in [0.717, 1.165) is 0 Å². The van der Waals surface area contributed by atoms with Gasteiger partial charge >= 0.3 is 5.97 Å². The molecule has 0 aliphatic rings. The second-order valence-electron chi connectivity index (χ2n) is 3.59. The first-order chi connectivity index (χ1) is 8.77. The zero-order valence-corrected chi connectivity index (χ0v) is 10.5. The van der Waals surface area contributed by atoms with Gasteiger partial charge < -0.3 is 5.11 Å². The monoisotopic (exact) mass is 291 g/mol. The van der Waals surface area contributed by atoms with Crippen LogP contribution in [0, 0.1) is 11.6 Å². The van der Waals surface area contributed by atoms with Crippen LogP contribution in [0.5, 0.6) is 0 Å². The summed E-state index contributed by atoms with van der Waals surface area (Å²) in [7, 11) is -4.30. The predicted octanol–water partition coefficient (Wildman–Crippen LogP) is 1.23. The normalized spacial score (nSPS) is 11.5. The minimum absolute atomic E-state index is 0.285. The molecule has 1 aromatic rings. The van der Waals surface area contributed by atoms with Crippen molar-refractivity contribution in [1.82, 2.24) is 4.31 Å². The quantitative estimate of drug-likeness (QED) is 0.800. The van der Waals surface area contributed by atoms with Crippen molar-refractivity contribution in [2.24, 2.45) is 0 Å². The van der Waals surface area contributed by atoms with E-state index in [1.54, 1.807) is 0 Å². The van der Waals surface area contributed by atoms with Crippen molar-refractivity contribution in [1.29, 1.82) is 0 Å². The van der Waals surface area contributed by atoms with Gasteiger partial charge in [-0.2, -0.15) is 4.31 Å². The zero-order chi connectivity index (χ0) is 14.6. The van der Waals surface area contributed by atoms with E-state index in [-0.39, 0.29) is 6.54 Å². The Bertz CT molecular complexity index is 580. The third-order valence-corrected chi connectivity index (χ3v) is 3.91. The lowest BCUT2D eigenvalue weighted by molar-refractivity contribution is -0.137. The SMILES string of the molecule is C=CCN(CC(=O)O)S(=O)(=O)c1cc(F)cc(F)c1. The Morgan fingerprint density at radius 2 is 1.84 bits per heavy atom. The van der Waals surface area contributed by atoms with Crippen molar-refractivity contribution in [3.05, 3.63) is 42.5 Å². The van der Waals surface area contributed by atoms with Gasteiger partial charge in [0, 0.05) is 12.6 Å². The lowest BCUT2D eigenvalue weighted by Crippen LogP contribution is -2.35. The van der Waals surface area contributed by atoms with Crippen molar-refractivity contribution in [2.45, 2.75) is 4.90 Å². The lowest BCUT2D eigenvalue weighted by atomic mass is 10.3. The van der Waals surface area contributed by atoms with E-state index < -0.39 is 39.1 Å². The highest BCUT2D eigenvalue weighted by molar-refractivity contribution is 7.89. The molecule has 0 radical (unpaired) electrons. The third-order valence-electron chi connectivity index (χ3n) is 2.12. The first-order valence-corrected chi connectivity index (χ1v) is 6.50. The molecule has 0 atom stereocenters. The summed E-state index contributed by atoms with van der Waals surface area (Å²) >= 11 is 0. The molecule has 0 unspecified atom stereocenters. The van der Waals surface area contributed by atoms with Crippen molar-refractivity contribution in [3.8, 4) is 0 Å². The standard InChI is InChI=1S/C11H11F2NO4S/c1-2-3-14(7-11(15)16)19(17,18)10-5-8(12)4-9(13)6-10/h2,4-6H,1,3,7H2,(H,15,16). The maximum absolute atomic E-state index is 13.0. The Morgan fingerprint density at radius 1 is 1.32 bits per heavy atom. The molecule has 0 aliphatic heterocycles. The van der Waals surface area contributed by atoms with E-state index in [2.05, 4.69) is 6.58 Å². The van der Waals surface area contributed by atoms with Gasteiger partial charge in [0.25, 0.3) is 0 Å². The van der Waals surface area contributed by atoms with E-state index >= 15 is 0 Å². The van der Waals surface area contributed by atoms with Gasteiger partial charge in [-0.1, -0.05) is 6.08 Å². The highest BCUT2D eigenvalue weighted by atomic mass is 32.2. The van der Waals surface area contributed by atoms with E-state index in [9.17, 15) is 22.0 Å². The number of sulfonamides is 1. The number of nitrogens with zero attached hydrogens (tertiary/aromatic N) is 1. The van der Waals surface area contributed by atoms with Crippen LogP contribution in [0.1, 0.15) is 0 Å². The minimum Gasteiger partial charge on any atom is -0.480 e. The third kappa shape index (κ3) is 3.83. The number of aliphatic carboxylic acids is 1. The van der Waals surface area contributed by atoms with Gasteiger partial charge in [0.2, 0.25) is 10.0 Å². The molecular weight excluding hydrogens is 280 g/mol. The molecule has 1 N–H and O–H groups in total. The molecule has 0 aromatic heterocycles. The number of rotatable bonds is 6. The molecule has 104 valence electrons. The molecule has 0 spiro atoms. The smallest absolute Gasteiger partial charge is 0.318 e. The number of carboxylic acid groups (broad SMARTS) is 1. The van der Waals surface area contributed by atoms with Gasteiger partial charge in [-0.25, -0.2) is 17.2 Å². The Morgan fingerprint density at radius 3 is 2.26 bits per heavy atom. The van der Waals surface area contributed by atoms with Gasteiger partial charge in [-0.3, -0.25) is 4.79 Å². The molecular formula is C11H11F2NO4S. The summed E-state index contributed by atoms with van der Waals surface area (Å²) in [6, 6.07) is 1.76. The van der Waals surface area contributed by atoms with Crippen molar-refractivity contribution < 1.29 is 27.1 Å². The van der Waals surface area contributed by atoms with E-state index in [4.69, 9.17) is 5.11 Å². The molecule has 0 heterocycles. The van der Waals surface area contributed by atoms with Gasteiger partial charge in [-0.05, 0) is 12.1 Å². The fraction of sp³-hybridized carbons (Fsp3) is 0.182. The molecule has 1 rings (SSSR count). The first kappa shape index (κ1) is 15.3. The summed E-state index contributed by atoms with van der Waals surface area (Å²) in [5, 5.41) is 8.64. The summed E-state index contributed by atoms with van der Waals surface area (Å²) in [6.45, 7) is 2.19. The van der Waals surface area contributed by atoms with Crippen LogP contribution in [0.3, 0.4) is 0 Å². The number of hydrogen-bond acceptors (Lipinski definition) is 3. The zero-order valence-electron chi connectivity index (χ0n) is 9.71. The molecule has 0 saturated heterocycles. The predicted molar refractivity (Wildman–Crippen MR) is 62.9 cm³/mol. The Balaban J connectivity index is 3.25. The fourth-order valence-electron chi connectivity index (χ4n) is 1.37. The van der Waals surface area contributed by atoms with Crippen molar-refractivity contribution >= 4 is 16.0 Å². The number of hydrogen-bond donors (Lipinski definition) is 1. The van der Waals surface area contributed by atoms with Gasteiger partial charge in [-0.15, -0.1) is 6.58 Å². The van der Waals surface area contributed by atoms with Crippen LogP contribution in [-0.2, 0) is 14.8 Å². The van der Waals surface area contributed by atoms with E-state index in [1.165, 1.54) is 6.08 Å². The molecule has 8 heteroatoms. The average Bonchev–Trinajstić information content (AvgIpc) is 2.26. The number of carbonyl (C=O) groups is 1. The lowest BCUT2D eigenvalue weighted by Gasteiger charge is -2.18.